The van der Waals surface area contributed by atoms with Crippen LogP contribution in [0.25, 0.3) is 0 Å². The van der Waals surface area contributed by atoms with Crippen molar-refractivity contribution in [3.8, 4) is 11.5 Å². The van der Waals surface area contributed by atoms with Crippen LogP contribution >= 0.6 is 11.6 Å². The number of hydrogen-bond acceptors (Lipinski definition) is 3. The van der Waals surface area contributed by atoms with E-state index in [1.165, 1.54) is 18.2 Å². The number of phenols is 2. The van der Waals surface area contributed by atoms with Gasteiger partial charge in [-0.05, 0) is 31.0 Å². The highest BCUT2D eigenvalue weighted by molar-refractivity contribution is 6.17. The fraction of sp³-hybridized carbons (Fsp3) is 0.364. The zero-order valence-electron chi connectivity index (χ0n) is 8.24. The Bertz CT molecular complexity index is 350. The molecule has 3 nitrogen and oxygen atoms in total. The summed E-state index contributed by atoms with van der Waals surface area (Å²) in [5.74, 6) is 0.0228. The Hall–Kier alpha value is -1.22. The molecule has 0 spiro atoms. The van der Waals surface area contributed by atoms with Gasteiger partial charge in [-0.25, -0.2) is 0 Å². The summed E-state index contributed by atoms with van der Waals surface area (Å²) >= 11 is 5.49. The van der Waals surface area contributed by atoms with Gasteiger partial charge in [0.2, 0.25) is 0 Å². The molecule has 0 atom stereocenters. The second-order valence-corrected chi connectivity index (χ2v) is 3.65. The number of carbonyl (C=O) groups excluding carboxylic acids is 1. The van der Waals surface area contributed by atoms with Crippen molar-refractivity contribution in [2.45, 2.75) is 19.3 Å². The maximum absolute atomic E-state index is 11.5. The van der Waals surface area contributed by atoms with Gasteiger partial charge >= 0.3 is 0 Å². The van der Waals surface area contributed by atoms with E-state index in [9.17, 15) is 9.90 Å². The fourth-order valence-corrected chi connectivity index (χ4v) is 1.41. The number of aromatic hydroxyl groups is 2. The van der Waals surface area contributed by atoms with E-state index in [4.69, 9.17) is 16.7 Å². The molecule has 0 aromatic heterocycles. The zero-order chi connectivity index (χ0) is 11.3. The van der Waals surface area contributed by atoms with E-state index in [1.54, 1.807) is 0 Å². The first-order valence-corrected chi connectivity index (χ1v) is 5.29. The summed E-state index contributed by atoms with van der Waals surface area (Å²) in [6.45, 7) is 0. The molecular formula is C11H13ClO3. The molecular weight excluding hydrogens is 216 g/mol. The first-order chi connectivity index (χ1) is 7.15. The van der Waals surface area contributed by atoms with E-state index in [-0.39, 0.29) is 17.3 Å². The Kier molecular flexibility index (Phi) is 4.43. The van der Waals surface area contributed by atoms with Gasteiger partial charge < -0.3 is 10.2 Å². The van der Waals surface area contributed by atoms with Crippen molar-refractivity contribution in [1.29, 1.82) is 0 Å². The number of unbranched alkanes of at least 4 members (excludes halogenated alkanes) is 1. The van der Waals surface area contributed by atoms with Gasteiger partial charge in [-0.3, -0.25) is 4.79 Å². The molecule has 0 aliphatic carbocycles. The fourth-order valence-electron chi connectivity index (χ4n) is 1.22. The average molecular weight is 229 g/mol. The molecule has 0 saturated carbocycles. The number of benzene rings is 1. The second kappa shape index (κ2) is 5.61. The summed E-state index contributed by atoms with van der Waals surface area (Å²) in [5.41, 5.74) is 0.417. The Balaban J connectivity index is 2.62. The topological polar surface area (TPSA) is 57.5 Å². The summed E-state index contributed by atoms with van der Waals surface area (Å²) < 4.78 is 0. The van der Waals surface area contributed by atoms with Crippen LogP contribution < -0.4 is 0 Å². The molecule has 0 aliphatic heterocycles. The van der Waals surface area contributed by atoms with E-state index in [2.05, 4.69) is 0 Å². The van der Waals surface area contributed by atoms with Crippen LogP contribution in [0.5, 0.6) is 11.5 Å². The van der Waals surface area contributed by atoms with E-state index in [0.29, 0.717) is 17.9 Å². The van der Waals surface area contributed by atoms with Gasteiger partial charge in [-0.2, -0.15) is 0 Å². The van der Waals surface area contributed by atoms with Crippen molar-refractivity contribution < 1.29 is 15.0 Å². The predicted octanol–water partition coefficient (Wildman–Crippen LogP) is 2.69. The van der Waals surface area contributed by atoms with Gasteiger partial charge in [0.25, 0.3) is 0 Å². The van der Waals surface area contributed by atoms with Crippen LogP contribution in [0.15, 0.2) is 18.2 Å². The molecule has 1 rings (SSSR count). The Labute approximate surface area is 93.3 Å². The monoisotopic (exact) mass is 228 g/mol. The highest BCUT2D eigenvalue weighted by atomic mass is 35.5. The standard InChI is InChI=1S/C11H13ClO3/c12-6-2-1-3-9(13)8-4-5-10(14)11(15)7-8/h4-5,7,14-15H,1-3,6H2. The van der Waals surface area contributed by atoms with E-state index >= 15 is 0 Å². The van der Waals surface area contributed by atoms with Crippen LogP contribution in [0.1, 0.15) is 29.6 Å². The number of phenolic OH excluding ortho intramolecular Hbond substituents is 2. The van der Waals surface area contributed by atoms with E-state index in [0.717, 1.165) is 12.8 Å². The van der Waals surface area contributed by atoms with E-state index < -0.39 is 0 Å². The number of rotatable bonds is 5. The number of hydrogen-bond donors (Lipinski definition) is 2. The summed E-state index contributed by atoms with van der Waals surface area (Å²) in [4.78, 5) is 11.5. The molecule has 0 bridgehead atoms. The molecule has 1 aromatic rings. The Morgan fingerprint density at radius 1 is 1.20 bits per heavy atom. The maximum Gasteiger partial charge on any atom is 0.163 e. The van der Waals surface area contributed by atoms with Crippen molar-refractivity contribution in [2.24, 2.45) is 0 Å². The van der Waals surface area contributed by atoms with Gasteiger partial charge in [0.1, 0.15) is 0 Å². The lowest BCUT2D eigenvalue weighted by atomic mass is 10.1. The van der Waals surface area contributed by atoms with Crippen molar-refractivity contribution in [2.75, 3.05) is 5.88 Å². The lowest BCUT2D eigenvalue weighted by Crippen LogP contribution is -1.98. The van der Waals surface area contributed by atoms with Crippen molar-refractivity contribution in [3.05, 3.63) is 23.8 Å². The molecule has 0 heterocycles. The minimum atomic E-state index is -0.266. The van der Waals surface area contributed by atoms with Crippen LogP contribution in [-0.2, 0) is 0 Å². The molecule has 2 N–H and O–H groups in total. The summed E-state index contributed by atoms with van der Waals surface area (Å²) in [6, 6.07) is 4.08. The molecule has 82 valence electrons. The van der Waals surface area contributed by atoms with Crippen LogP contribution in [-0.4, -0.2) is 21.9 Å². The zero-order valence-corrected chi connectivity index (χ0v) is 9.00. The molecule has 0 aliphatic rings. The highest BCUT2D eigenvalue weighted by Gasteiger charge is 2.08. The van der Waals surface area contributed by atoms with Crippen LogP contribution in [0.4, 0.5) is 0 Å². The van der Waals surface area contributed by atoms with E-state index in [1.807, 2.05) is 0 Å². The van der Waals surface area contributed by atoms with Crippen molar-refractivity contribution in [1.82, 2.24) is 0 Å². The molecule has 0 amide bonds. The number of halogens is 1. The molecule has 0 saturated heterocycles. The van der Waals surface area contributed by atoms with Gasteiger partial charge in [-0.1, -0.05) is 0 Å². The normalized spacial score (nSPS) is 10.2. The molecule has 1 aromatic carbocycles. The van der Waals surface area contributed by atoms with Gasteiger partial charge in [-0.15, -0.1) is 11.6 Å². The summed E-state index contributed by atoms with van der Waals surface area (Å²) in [6.07, 6.45) is 1.96. The van der Waals surface area contributed by atoms with Crippen molar-refractivity contribution >= 4 is 17.4 Å². The molecule has 0 radical (unpaired) electrons. The van der Waals surface area contributed by atoms with Gasteiger partial charge in [0.05, 0.1) is 0 Å². The minimum Gasteiger partial charge on any atom is -0.504 e. The first-order valence-electron chi connectivity index (χ1n) is 4.76. The average Bonchev–Trinajstić information content (AvgIpc) is 2.22. The molecule has 4 heteroatoms. The lowest BCUT2D eigenvalue weighted by molar-refractivity contribution is 0.0979. The van der Waals surface area contributed by atoms with Gasteiger partial charge in [0, 0.05) is 17.9 Å². The molecule has 0 fully saturated rings. The highest BCUT2D eigenvalue weighted by Crippen LogP contribution is 2.25. The number of ketones is 1. The van der Waals surface area contributed by atoms with Crippen LogP contribution in [0.3, 0.4) is 0 Å². The number of Topliss-reactive ketones (excluding diaryl/α,β-unsaturated/α-hetero) is 1. The Morgan fingerprint density at radius 2 is 1.93 bits per heavy atom. The maximum atomic E-state index is 11.5. The Morgan fingerprint density at radius 3 is 2.53 bits per heavy atom. The van der Waals surface area contributed by atoms with Crippen LogP contribution in [0.2, 0.25) is 0 Å². The van der Waals surface area contributed by atoms with Crippen LogP contribution in [0, 0.1) is 0 Å². The number of carbonyl (C=O) groups is 1. The third kappa shape index (κ3) is 3.44. The molecule has 15 heavy (non-hydrogen) atoms. The molecule has 0 unspecified atom stereocenters. The van der Waals surface area contributed by atoms with Crippen molar-refractivity contribution in [3.63, 3.8) is 0 Å². The second-order valence-electron chi connectivity index (χ2n) is 3.27. The third-order valence-corrected chi connectivity index (χ3v) is 2.35. The SMILES string of the molecule is O=C(CCCCCl)c1ccc(O)c(O)c1. The first kappa shape index (κ1) is 11.9. The summed E-state index contributed by atoms with van der Waals surface area (Å²) in [7, 11) is 0. The third-order valence-electron chi connectivity index (χ3n) is 2.08. The number of alkyl halides is 1. The summed E-state index contributed by atoms with van der Waals surface area (Å²) in [5, 5.41) is 18.3. The minimum absolute atomic E-state index is 0.0459. The van der Waals surface area contributed by atoms with Gasteiger partial charge in [0.15, 0.2) is 17.3 Å². The quantitative estimate of drug-likeness (QED) is 0.353. The smallest absolute Gasteiger partial charge is 0.163 e. The largest absolute Gasteiger partial charge is 0.504 e. The predicted molar refractivity (Wildman–Crippen MR) is 58.7 cm³/mol. The lowest BCUT2D eigenvalue weighted by Gasteiger charge is -2.02.